The number of amides is 1. The Balaban J connectivity index is 2.45. The van der Waals surface area contributed by atoms with Gasteiger partial charge in [-0.15, -0.1) is 11.8 Å². The van der Waals surface area contributed by atoms with Gasteiger partial charge in [-0.2, -0.15) is 13.2 Å². The number of nitrogens with one attached hydrogen (secondary N) is 1. The van der Waals surface area contributed by atoms with Gasteiger partial charge in [0, 0.05) is 5.69 Å². The lowest BCUT2D eigenvalue weighted by molar-refractivity contribution is -0.385. The lowest BCUT2D eigenvalue weighted by Crippen LogP contribution is -2.16. The van der Waals surface area contributed by atoms with Crippen LogP contribution in [-0.4, -0.2) is 24.2 Å². The molecule has 2 aromatic rings. The van der Waals surface area contributed by atoms with Crippen LogP contribution in [0.1, 0.15) is 15.9 Å². The van der Waals surface area contributed by atoms with Crippen LogP contribution in [0.15, 0.2) is 35.2 Å². The van der Waals surface area contributed by atoms with E-state index in [1.807, 2.05) is 0 Å². The Morgan fingerprint density at radius 1 is 1.26 bits per heavy atom. The zero-order valence-electron chi connectivity index (χ0n) is 13.9. The van der Waals surface area contributed by atoms with E-state index >= 15 is 0 Å². The predicted molar refractivity (Wildman–Crippen MR) is 90.8 cm³/mol. The van der Waals surface area contributed by atoms with Crippen LogP contribution in [0.5, 0.6) is 5.75 Å². The van der Waals surface area contributed by atoms with Gasteiger partial charge in [-0.25, -0.2) is 4.39 Å². The molecule has 1 amide bonds. The number of anilines is 1. The molecule has 1 N–H and O–H groups in total. The topological polar surface area (TPSA) is 81.5 Å². The second-order valence-corrected chi connectivity index (χ2v) is 5.98. The number of nitro groups is 1. The molecule has 144 valence electrons. The number of methoxy groups -OCH3 is 1. The number of ether oxygens (including phenoxy) is 1. The molecule has 0 unspecified atom stereocenters. The van der Waals surface area contributed by atoms with Crippen LogP contribution in [0.3, 0.4) is 0 Å². The van der Waals surface area contributed by atoms with Gasteiger partial charge in [-0.3, -0.25) is 14.9 Å². The number of rotatable bonds is 5. The van der Waals surface area contributed by atoms with Crippen molar-refractivity contribution in [1.29, 1.82) is 0 Å². The first kappa shape index (κ1) is 20.5. The number of benzene rings is 2. The van der Waals surface area contributed by atoms with Gasteiger partial charge in [0.2, 0.25) is 0 Å². The predicted octanol–water partition coefficient (Wildman–Crippen LogP) is 4.74. The highest BCUT2D eigenvalue weighted by Gasteiger charge is 2.34. The third kappa shape index (κ3) is 4.48. The van der Waals surface area contributed by atoms with Crippen LogP contribution < -0.4 is 10.1 Å². The number of hydrogen-bond acceptors (Lipinski definition) is 5. The van der Waals surface area contributed by atoms with Crippen molar-refractivity contribution in [2.45, 2.75) is 11.1 Å². The Labute approximate surface area is 154 Å². The van der Waals surface area contributed by atoms with Crippen molar-refractivity contribution in [2.24, 2.45) is 0 Å². The highest BCUT2D eigenvalue weighted by molar-refractivity contribution is 7.98. The molecule has 0 saturated carbocycles. The largest absolute Gasteiger partial charge is 0.495 e. The van der Waals surface area contributed by atoms with Gasteiger partial charge >= 0.3 is 6.18 Å². The van der Waals surface area contributed by atoms with E-state index in [0.717, 1.165) is 23.9 Å². The number of nitrogens with zero attached hydrogens (tertiary/aromatic N) is 1. The number of carbonyl (C=O) groups excluding carboxylic acids is 1. The summed E-state index contributed by atoms with van der Waals surface area (Å²) in [4.78, 5) is 23.3. The van der Waals surface area contributed by atoms with Gasteiger partial charge < -0.3 is 10.1 Å². The SMILES string of the molecule is COc1cc([N+](=O)[O-])c(C(=O)Nc2ccc(F)c(C(F)(F)F)c2)cc1SC. The van der Waals surface area contributed by atoms with E-state index in [4.69, 9.17) is 4.74 Å². The molecule has 6 nitrogen and oxygen atoms in total. The number of nitro benzene ring substituents is 1. The summed E-state index contributed by atoms with van der Waals surface area (Å²) in [6.07, 6.45) is -3.30. The molecular formula is C16H12F4N2O4S. The molecule has 0 aliphatic carbocycles. The Kier molecular flexibility index (Phi) is 5.94. The van der Waals surface area contributed by atoms with Gasteiger partial charge in [-0.05, 0) is 30.5 Å². The average Bonchev–Trinajstić information content (AvgIpc) is 2.60. The lowest BCUT2D eigenvalue weighted by atomic mass is 10.1. The summed E-state index contributed by atoms with van der Waals surface area (Å²) in [5.74, 6) is -2.34. The third-order valence-corrected chi connectivity index (χ3v) is 4.23. The first-order chi connectivity index (χ1) is 12.6. The van der Waals surface area contributed by atoms with Gasteiger partial charge in [0.25, 0.3) is 11.6 Å². The molecular weight excluding hydrogens is 392 g/mol. The summed E-state index contributed by atoms with van der Waals surface area (Å²) in [6.45, 7) is 0. The number of halogens is 4. The van der Waals surface area contributed by atoms with E-state index in [1.165, 1.54) is 13.2 Å². The van der Waals surface area contributed by atoms with Crippen molar-refractivity contribution < 1.29 is 32.0 Å². The first-order valence-corrected chi connectivity index (χ1v) is 8.39. The molecule has 0 heterocycles. The fraction of sp³-hybridized carbons (Fsp3) is 0.188. The lowest BCUT2D eigenvalue weighted by Gasteiger charge is -2.12. The minimum atomic E-state index is -4.96. The van der Waals surface area contributed by atoms with E-state index < -0.39 is 34.1 Å². The van der Waals surface area contributed by atoms with Crippen LogP contribution in [-0.2, 0) is 6.18 Å². The Hall–Kier alpha value is -2.82. The summed E-state index contributed by atoms with van der Waals surface area (Å²) >= 11 is 1.16. The highest BCUT2D eigenvalue weighted by atomic mass is 32.2. The maximum absolute atomic E-state index is 13.3. The maximum Gasteiger partial charge on any atom is 0.419 e. The zero-order valence-corrected chi connectivity index (χ0v) is 14.7. The molecule has 0 bridgehead atoms. The Bertz CT molecular complexity index is 903. The molecule has 27 heavy (non-hydrogen) atoms. The van der Waals surface area contributed by atoms with Gasteiger partial charge in [0.15, 0.2) is 0 Å². The average molecular weight is 404 g/mol. The van der Waals surface area contributed by atoms with Crippen LogP contribution in [0.4, 0.5) is 28.9 Å². The molecule has 0 saturated heterocycles. The standard InChI is InChI=1S/C16H12F4N2O4S/c1-26-13-7-12(22(24)25)9(6-14(13)27-2)15(23)21-8-3-4-11(17)10(5-8)16(18,19)20/h3-7H,1-2H3,(H,21,23). The van der Waals surface area contributed by atoms with E-state index in [2.05, 4.69) is 5.32 Å². The minimum absolute atomic E-state index is 0.173. The number of carbonyl (C=O) groups is 1. The van der Waals surface area contributed by atoms with E-state index in [0.29, 0.717) is 17.0 Å². The van der Waals surface area contributed by atoms with Crippen molar-refractivity contribution in [3.63, 3.8) is 0 Å². The second kappa shape index (κ2) is 7.82. The fourth-order valence-corrected chi connectivity index (χ4v) is 2.80. The molecule has 0 spiro atoms. The summed E-state index contributed by atoms with van der Waals surface area (Å²) in [7, 11) is 1.30. The number of hydrogen-bond donors (Lipinski definition) is 1. The molecule has 0 aliphatic rings. The third-order valence-electron chi connectivity index (χ3n) is 3.47. The monoisotopic (exact) mass is 404 g/mol. The van der Waals surface area contributed by atoms with Crippen LogP contribution in [0.2, 0.25) is 0 Å². The molecule has 0 fully saturated rings. The molecule has 0 aromatic heterocycles. The highest BCUT2D eigenvalue weighted by Crippen LogP contribution is 2.36. The molecule has 0 atom stereocenters. The van der Waals surface area contributed by atoms with E-state index in [-0.39, 0.29) is 17.0 Å². The molecule has 0 aliphatic heterocycles. The maximum atomic E-state index is 13.3. The molecule has 11 heteroatoms. The van der Waals surface area contributed by atoms with Crippen molar-refractivity contribution in [3.05, 3.63) is 57.4 Å². The Morgan fingerprint density at radius 3 is 2.44 bits per heavy atom. The summed E-state index contributed by atoms with van der Waals surface area (Å²) in [5.41, 5.74) is -2.87. The number of thioether (sulfide) groups is 1. The second-order valence-electron chi connectivity index (χ2n) is 5.13. The normalized spacial score (nSPS) is 11.2. The number of alkyl halides is 3. The Morgan fingerprint density at radius 2 is 1.93 bits per heavy atom. The summed E-state index contributed by atoms with van der Waals surface area (Å²) < 4.78 is 56.7. The van der Waals surface area contributed by atoms with Crippen molar-refractivity contribution in [2.75, 3.05) is 18.7 Å². The molecule has 2 rings (SSSR count). The molecule has 2 aromatic carbocycles. The fourth-order valence-electron chi connectivity index (χ4n) is 2.22. The smallest absolute Gasteiger partial charge is 0.419 e. The van der Waals surface area contributed by atoms with E-state index in [1.54, 1.807) is 6.26 Å². The van der Waals surface area contributed by atoms with Gasteiger partial charge in [0.05, 0.1) is 28.6 Å². The zero-order chi connectivity index (χ0) is 20.4. The summed E-state index contributed by atoms with van der Waals surface area (Å²) in [5, 5.41) is 13.4. The van der Waals surface area contributed by atoms with Crippen molar-refractivity contribution >= 4 is 29.0 Å². The van der Waals surface area contributed by atoms with Crippen LogP contribution in [0.25, 0.3) is 0 Å². The van der Waals surface area contributed by atoms with E-state index in [9.17, 15) is 32.5 Å². The first-order valence-electron chi connectivity index (χ1n) is 7.17. The van der Waals surface area contributed by atoms with Gasteiger partial charge in [0.1, 0.15) is 17.1 Å². The van der Waals surface area contributed by atoms with Crippen LogP contribution >= 0.6 is 11.8 Å². The van der Waals surface area contributed by atoms with Crippen molar-refractivity contribution in [3.8, 4) is 5.75 Å². The molecule has 0 radical (unpaired) electrons. The van der Waals surface area contributed by atoms with Gasteiger partial charge in [-0.1, -0.05) is 0 Å². The summed E-state index contributed by atoms with van der Waals surface area (Å²) in [6, 6.07) is 4.14. The van der Waals surface area contributed by atoms with Crippen molar-refractivity contribution in [1.82, 2.24) is 0 Å². The minimum Gasteiger partial charge on any atom is -0.495 e. The van der Waals surface area contributed by atoms with Crippen LogP contribution in [0, 0.1) is 15.9 Å². The quantitative estimate of drug-likeness (QED) is 0.337.